The first-order valence-corrected chi connectivity index (χ1v) is 7.06. The normalized spacial score (nSPS) is 11.0. The molecule has 0 saturated carbocycles. The van der Waals surface area contributed by atoms with Crippen molar-refractivity contribution in [3.63, 3.8) is 0 Å². The van der Waals surface area contributed by atoms with Crippen LogP contribution in [0.2, 0.25) is 0 Å². The first-order valence-electron chi connectivity index (χ1n) is 7.06. The first-order chi connectivity index (χ1) is 11.5. The van der Waals surface area contributed by atoms with Gasteiger partial charge in [0.05, 0.1) is 11.8 Å². The van der Waals surface area contributed by atoms with E-state index < -0.39 is 18.0 Å². The number of rotatable bonds is 4. The summed E-state index contributed by atoms with van der Waals surface area (Å²) in [7, 11) is 1.35. The van der Waals surface area contributed by atoms with Crippen LogP contribution >= 0.6 is 0 Å². The Morgan fingerprint density at radius 1 is 1.29 bits per heavy atom. The Bertz CT molecular complexity index is 868. The number of aromatic amines is 1. The number of halogens is 2. The monoisotopic (exact) mass is 332 g/mol. The zero-order chi connectivity index (χ0) is 17.3. The molecule has 1 aromatic carbocycles. The third-order valence-corrected chi connectivity index (χ3v) is 3.47. The minimum atomic E-state index is -2.81. The van der Waals surface area contributed by atoms with Crippen LogP contribution in [0.1, 0.15) is 28.0 Å². The average Bonchev–Trinajstić information content (AvgIpc) is 3.14. The molecule has 2 heterocycles. The molecule has 9 heteroatoms. The zero-order valence-electron chi connectivity index (χ0n) is 12.9. The number of alkyl halides is 2. The van der Waals surface area contributed by atoms with E-state index >= 15 is 0 Å². The first kappa shape index (κ1) is 15.8. The number of benzene rings is 1. The summed E-state index contributed by atoms with van der Waals surface area (Å²) in [5, 5.41) is 12.7. The SMILES string of the molecule is Cc1ccc(-c2nc(NC(=O)c3cnn(C)c3C(F)F)n[nH]2)cc1. The molecule has 0 aliphatic heterocycles. The fourth-order valence-electron chi connectivity index (χ4n) is 2.21. The van der Waals surface area contributed by atoms with E-state index in [1.165, 1.54) is 7.05 Å². The maximum atomic E-state index is 13.0. The number of hydrogen-bond acceptors (Lipinski definition) is 4. The molecule has 0 radical (unpaired) electrons. The molecule has 24 heavy (non-hydrogen) atoms. The molecule has 0 aliphatic carbocycles. The maximum absolute atomic E-state index is 13.0. The molecule has 0 atom stereocenters. The van der Waals surface area contributed by atoms with Gasteiger partial charge in [-0.25, -0.2) is 8.78 Å². The van der Waals surface area contributed by atoms with Crippen molar-refractivity contribution in [2.24, 2.45) is 7.05 Å². The van der Waals surface area contributed by atoms with Gasteiger partial charge in [0.25, 0.3) is 12.3 Å². The largest absolute Gasteiger partial charge is 0.289 e. The van der Waals surface area contributed by atoms with Crippen LogP contribution in [0.15, 0.2) is 30.5 Å². The Kier molecular flexibility index (Phi) is 4.07. The highest BCUT2D eigenvalue weighted by molar-refractivity contribution is 6.04. The maximum Gasteiger partial charge on any atom is 0.280 e. The molecule has 7 nitrogen and oxygen atoms in total. The summed E-state index contributed by atoms with van der Waals surface area (Å²) in [6, 6.07) is 7.55. The van der Waals surface area contributed by atoms with E-state index in [0.717, 1.165) is 22.0 Å². The molecule has 0 fully saturated rings. The van der Waals surface area contributed by atoms with Crippen LogP contribution in [0, 0.1) is 6.92 Å². The van der Waals surface area contributed by atoms with Crippen LogP contribution in [-0.2, 0) is 7.05 Å². The summed E-state index contributed by atoms with van der Waals surface area (Å²) in [6.45, 7) is 1.96. The second kappa shape index (κ2) is 6.19. The van der Waals surface area contributed by atoms with Crippen molar-refractivity contribution >= 4 is 11.9 Å². The highest BCUT2D eigenvalue weighted by Crippen LogP contribution is 2.23. The highest BCUT2D eigenvalue weighted by Gasteiger charge is 2.24. The average molecular weight is 332 g/mol. The summed E-state index contributed by atoms with van der Waals surface area (Å²) < 4.78 is 27.0. The Balaban J connectivity index is 1.80. The van der Waals surface area contributed by atoms with Crippen LogP contribution in [0.5, 0.6) is 0 Å². The lowest BCUT2D eigenvalue weighted by Crippen LogP contribution is -2.15. The Morgan fingerprint density at radius 2 is 2.00 bits per heavy atom. The highest BCUT2D eigenvalue weighted by atomic mass is 19.3. The standard InChI is InChI=1S/C15H14F2N6O/c1-8-3-5-9(6-4-8)13-19-15(22-21-13)20-14(24)10-7-18-23(2)11(10)12(16)17/h3-7,12H,1-2H3,(H2,19,20,21,22,24). The molecule has 124 valence electrons. The van der Waals surface area contributed by atoms with Gasteiger partial charge in [0.1, 0.15) is 5.69 Å². The number of H-pyrrole nitrogens is 1. The second-order valence-corrected chi connectivity index (χ2v) is 5.20. The zero-order valence-corrected chi connectivity index (χ0v) is 12.9. The van der Waals surface area contributed by atoms with Crippen LogP contribution in [0.3, 0.4) is 0 Å². The number of carbonyl (C=O) groups excluding carboxylic acids is 1. The van der Waals surface area contributed by atoms with Crippen LogP contribution in [0.25, 0.3) is 11.4 Å². The van der Waals surface area contributed by atoms with Crippen molar-refractivity contribution in [2.45, 2.75) is 13.3 Å². The van der Waals surface area contributed by atoms with Crippen LogP contribution in [0.4, 0.5) is 14.7 Å². The number of aryl methyl sites for hydroxylation is 2. The smallest absolute Gasteiger partial charge is 0.280 e. The summed E-state index contributed by atoms with van der Waals surface area (Å²) in [5.41, 5.74) is 1.22. The molecule has 2 N–H and O–H groups in total. The fourth-order valence-corrected chi connectivity index (χ4v) is 2.21. The van der Waals surface area contributed by atoms with E-state index in [9.17, 15) is 13.6 Å². The van der Waals surface area contributed by atoms with Gasteiger partial charge >= 0.3 is 0 Å². The lowest BCUT2D eigenvalue weighted by Gasteiger charge is -2.04. The van der Waals surface area contributed by atoms with Gasteiger partial charge in [-0.05, 0) is 6.92 Å². The minimum Gasteiger partial charge on any atom is -0.289 e. The van der Waals surface area contributed by atoms with E-state index in [4.69, 9.17) is 0 Å². The van der Waals surface area contributed by atoms with E-state index in [2.05, 4.69) is 25.6 Å². The number of amides is 1. The van der Waals surface area contributed by atoms with Gasteiger partial charge in [-0.2, -0.15) is 10.1 Å². The predicted octanol–water partition coefficient (Wildman–Crippen LogP) is 2.70. The fraction of sp³-hybridized carbons (Fsp3) is 0.200. The molecule has 0 saturated heterocycles. The van der Waals surface area contributed by atoms with Crippen molar-refractivity contribution in [2.75, 3.05) is 5.32 Å². The molecule has 0 bridgehead atoms. The van der Waals surface area contributed by atoms with Gasteiger partial charge in [0.2, 0.25) is 5.95 Å². The second-order valence-electron chi connectivity index (χ2n) is 5.20. The topological polar surface area (TPSA) is 88.5 Å². The van der Waals surface area contributed by atoms with Crippen molar-refractivity contribution in [3.8, 4) is 11.4 Å². The molecule has 1 amide bonds. The molecule has 0 aliphatic rings. The summed E-state index contributed by atoms with van der Waals surface area (Å²) in [6.07, 6.45) is -1.72. The molecular weight excluding hydrogens is 318 g/mol. The van der Waals surface area contributed by atoms with Gasteiger partial charge in [-0.3, -0.25) is 19.9 Å². The van der Waals surface area contributed by atoms with E-state index in [-0.39, 0.29) is 11.5 Å². The van der Waals surface area contributed by atoms with Gasteiger partial charge in [-0.1, -0.05) is 29.8 Å². The van der Waals surface area contributed by atoms with E-state index in [1.54, 1.807) is 0 Å². The summed E-state index contributed by atoms with van der Waals surface area (Å²) in [4.78, 5) is 16.3. The van der Waals surface area contributed by atoms with Crippen LogP contribution < -0.4 is 5.32 Å². The number of hydrogen-bond donors (Lipinski definition) is 2. The lowest BCUT2D eigenvalue weighted by atomic mass is 10.1. The summed E-state index contributed by atoms with van der Waals surface area (Å²) in [5.74, 6) is -0.280. The number of nitrogens with zero attached hydrogens (tertiary/aromatic N) is 4. The minimum absolute atomic E-state index is 0.000329. The van der Waals surface area contributed by atoms with E-state index in [0.29, 0.717) is 5.82 Å². The molecule has 0 spiro atoms. The van der Waals surface area contributed by atoms with Crippen molar-refractivity contribution in [3.05, 3.63) is 47.3 Å². The molecular formula is C15H14F2N6O. The van der Waals surface area contributed by atoms with E-state index in [1.807, 2.05) is 31.2 Å². The van der Waals surface area contributed by atoms with Crippen molar-refractivity contribution in [1.29, 1.82) is 0 Å². The quantitative estimate of drug-likeness (QED) is 0.769. The molecule has 3 rings (SSSR count). The van der Waals surface area contributed by atoms with Gasteiger partial charge in [0.15, 0.2) is 5.82 Å². The number of anilines is 1. The molecule has 0 unspecified atom stereocenters. The molecule has 3 aromatic rings. The lowest BCUT2D eigenvalue weighted by molar-refractivity contribution is 0.100. The van der Waals surface area contributed by atoms with Gasteiger partial charge in [-0.15, -0.1) is 5.10 Å². The Labute approximate surface area is 135 Å². The molecule has 2 aromatic heterocycles. The number of aromatic nitrogens is 5. The van der Waals surface area contributed by atoms with Crippen molar-refractivity contribution in [1.82, 2.24) is 25.0 Å². The third-order valence-electron chi connectivity index (χ3n) is 3.47. The van der Waals surface area contributed by atoms with Gasteiger partial charge < -0.3 is 0 Å². The Hall–Kier alpha value is -3.10. The third kappa shape index (κ3) is 3.00. The number of carbonyl (C=O) groups is 1. The number of nitrogens with one attached hydrogen (secondary N) is 2. The van der Waals surface area contributed by atoms with Crippen LogP contribution in [-0.4, -0.2) is 30.9 Å². The van der Waals surface area contributed by atoms with Crippen molar-refractivity contribution < 1.29 is 13.6 Å². The summed E-state index contributed by atoms with van der Waals surface area (Å²) >= 11 is 0. The Morgan fingerprint density at radius 3 is 2.67 bits per heavy atom. The predicted molar refractivity (Wildman–Crippen MR) is 82.7 cm³/mol. The van der Waals surface area contributed by atoms with Gasteiger partial charge in [0, 0.05) is 12.6 Å².